The number of hydrogen-bond acceptors (Lipinski definition) is 4. The van der Waals surface area contributed by atoms with Crippen molar-refractivity contribution in [1.29, 1.82) is 0 Å². The fourth-order valence-electron chi connectivity index (χ4n) is 3.21. The summed E-state index contributed by atoms with van der Waals surface area (Å²) in [5.41, 5.74) is 0.314. The first-order chi connectivity index (χ1) is 11.2. The van der Waals surface area contributed by atoms with E-state index in [1.165, 1.54) is 12.1 Å². The SMILES string of the molecule is Cl.O=c1[nH]ccc2nc(N[C@@H]3CCCNC3)c3ccc(F)cc3c12. The average molecular weight is 349 g/mol. The maximum Gasteiger partial charge on any atom is 0.258 e. The molecule has 1 saturated heterocycles. The van der Waals surface area contributed by atoms with Gasteiger partial charge in [0.05, 0.1) is 10.9 Å². The molecule has 0 spiro atoms. The highest BCUT2D eigenvalue weighted by Crippen LogP contribution is 2.28. The zero-order valence-corrected chi connectivity index (χ0v) is 13.8. The van der Waals surface area contributed by atoms with E-state index in [4.69, 9.17) is 0 Å². The summed E-state index contributed by atoms with van der Waals surface area (Å²) in [6, 6.07) is 6.51. The number of fused-ring (bicyclic) bond motifs is 3. The smallest absolute Gasteiger partial charge is 0.258 e. The molecule has 0 saturated carbocycles. The fourth-order valence-corrected chi connectivity index (χ4v) is 3.21. The zero-order chi connectivity index (χ0) is 15.8. The molecule has 126 valence electrons. The molecule has 3 N–H and O–H groups in total. The molecule has 2 aromatic heterocycles. The Balaban J connectivity index is 0.00000169. The predicted molar refractivity (Wildman–Crippen MR) is 96.6 cm³/mol. The molecule has 0 radical (unpaired) electrons. The first-order valence-electron chi connectivity index (χ1n) is 7.80. The van der Waals surface area contributed by atoms with Gasteiger partial charge in [-0.3, -0.25) is 4.79 Å². The van der Waals surface area contributed by atoms with Gasteiger partial charge in [0.1, 0.15) is 11.6 Å². The summed E-state index contributed by atoms with van der Waals surface area (Å²) in [5.74, 6) is 0.338. The molecule has 4 rings (SSSR count). The number of aromatic amines is 1. The van der Waals surface area contributed by atoms with Crippen LogP contribution >= 0.6 is 12.4 Å². The van der Waals surface area contributed by atoms with Gasteiger partial charge >= 0.3 is 0 Å². The quantitative estimate of drug-likeness (QED) is 0.623. The van der Waals surface area contributed by atoms with E-state index in [1.807, 2.05) is 0 Å². The summed E-state index contributed by atoms with van der Waals surface area (Å²) in [4.78, 5) is 19.4. The summed E-state index contributed by atoms with van der Waals surface area (Å²) in [7, 11) is 0. The molecule has 0 amide bonds. The number of aromatic nitrogens is 2. The third-order valence-electron chi connectivity index (χ3n) is 4.31. The molecule has 0 bridgehead atoms. The largest absolute Gasteiger partial charge is 0.366 e. The van der Waals surface area contributed by atoms with Crippen molar-refractivity contribution in [3.05, 3.63) is 46.6 Å². The Hall–Kier alpha value is -2.18. The zero-order valence-electron chi connectivity index (χ0n) is 12.9. The van der Waals surface area contributed by atoms with E-state index in [2.05, 4.69) is 20.6 Å². The highest BCUT2D eigenvalue weighted by molar-refractivity contribution is 6.09. The predicted octanol–water partition coefficient (Wildman–Crippen LogP) is 2.80. The van der Waals surface area contributed by atoms with E-state index in [0.717, 1.165) is 31.3 Å². The van der Waals surface area contributed by atoms with Crippen LogP contribution in [0.15, 0.2) is 35.3 Å². The van der Waals surface area contributed by atoms with Gasteiger partial charge in [-0.15, -0.1) is 12.4 Å². The van der Waals surface area contributed by atoms with Crippen LogP contribution in [0.3, 0.4) is 0 Å². The van der Waals surface area contributed by atoms with Crippen LogP contribution in [-0.4, -0.2) is 29.1 Å². The summed E-state index contributed by atoms with van der Waals surface area (Å²) in [6.45, 7) is 1.91. The number of hydrogen-bond donors (Lipinski definition) is 3. The second-order valence-corrected chi connectivity index (χ2v) is 5.90. The highest BCUT2D eigenvalue weighted by Gasteiger charge is 2.17. The van der Waals surface area contributed by atoms with Crippen LogP contribution in [0.5, 0.6) is 0 Å². The third-order valence-corrected chi connectivity index (χ3v) is 4.31. The van der Waals surface area contributed by atoms with E-state index in [-0.39, 0.29) is 29.8 Å². The van der Waals surface area contributed by atoms with E-state index in [1.54, 1.807) is 18.3 Å². The van der Waals surface area contributed by atoms with E-state index in [9.17, 15) is 9.18 Å². The van der Waals surface area contributed by atoms with Crippen LogP contribution in [0.4, 0.5) is 10.2 Å². The van der Waals surface area contributed by atoms with Gasteiger partial charge in [-0.1, -0.05) is 0 Å². The molecule has 0 aliphatic carbocycles. The standard InChI is InChI=1S/C17H17FN4O.ClH/c18-10-3-4-12-13(8-10)15-14(5-7-20-17(15)23)22-16(12)21-11-2-1-6-19-9-11;/h3-5,7-8,11,19H,1-2,6,9H2,(H,20,23)(H,21,22);1H/t11-;/m1./s1. The molecule has 5 nitrogen and oxygen atoms in total. The Morgan fingerprint density at radius 1 is 1.25 bits per heavy atom. The van der Waals surface area contributed by atoms with Crippen LogP contribution in [0.1, 0.15) is 12.8 Å². The van der Waals surface area contributed by atoms with Crippen molar-refractivity contribution in [2.75, 3.05) is 18.4 Å². The number of rotatable bonds is 2. The number of nitrogens with zero attached hydrogens (tertiary/aromatic N) is 1. The summed E-state index contributed by atoms with van der Waals surface area (Å²) >= 11 is 0. The number of halogens is 2. The minimum Gasteiger partial charge on any atom is -0.366 e. The molecule has 3 aromatic rings. The van der Waals surface area contributed by atoms with Crippen LogP contribution in [0.25, 0.3) is 21.7 Å². The van der Waals surface area contributed by atoms with Crippen LogP contribution in [-0.2, 0) is 0 Å². The Bertz CT molecular complexity index is 937. The second-order valence-electron chi connectivity index (χ2n) is 5.90. The Labute approximate surface area is 144 Å². The van der Waals surface area contributed by atoms with Crippen molar-refractivity contribution in [3.8, 4) is 0 Å². The first kappa shape index (κ1) is 16.7. The normalized spacial score (nSPS) is 17.6. The number of nitrogens with one attached hydrogen (secondary N) is 3. The molecule has 1 atom stereocenters. The lowest BCUT2D eigenvalue weighted by molar-refractivity contribution is 0.479. The van der Waals surface area contributed by atoms with Crippen LogP contribution < -0.4 is 16.2 Å². The topological polar surface area (TPSA) is 69.8 Å². The van der Waals surface area contributed by atoms with E-state index in [0.29, 0.717) is 22.1 Å². The van der Waals surface area contributed by atoms with Crippen molar-refractivity contribution in [1.82, 2.24) is 15.3 Å². The van der Waals surface area contributed by atoms with Gasteiger partial charge in [0.15, 0.2) is 0 Å². The number of benzene rings is 1. The summed E-state index contributed by atoms with van der Waals surface area (Å²) in [5, 5.41) is 8.58. The Morgan fingerprint density at radius 3 is 2.92 bits per heavy atom. The third kappa shape index (κ3) is 2.95. The molecule has 1 aliphatic rings. The molecule has 0 unspecified atom stereocenters. The first-order valence-corrected chi connectivity index (χ1v) is 7.80. The van der Waals surface area contributed by atoms with Crippen molar-refractivity contribution in [2.45, 2.75) is 18.9 Å². The second kappa shape index (κ2) is 6.75. The van der Waals surface area contributed by atoms with Gasteiger partial charge < -0.3 is 15.6 Å². The molecule has 3 heterocycles. The maximum atomic E-state index is 13.7. The average Bonchev–Trinajstić information content (AvgIpc) is 2.55. The molecule has 1 aromatic carbocycles. The van der Waals surface area contributed by atoms with Gasteiger partial charge in [0.2, 0.25) is 0 Å². The maximum absolute atomic E-state index is 13.7. The van der Waals surface area contributed by atoms with Gasteiger partial charge in [-0.25, -0.2) is 9.37 Å². The van der Waals surface area contributed by atoms with Gasteiger partial charge in [-0.05, 0) is 43.7 Å². The molecular formula is C17H18ClFN4O. The number of pyridine rings is 2. The molecular weight excluding hydrogens is 331 g/mol. The monoisotopic (exact) mass is 348 g/mol. The lowest BCUT2D eigenvalue weighted by Crippen LogP contribution is -2.38. The minimum atomic E-state index is -0.362. The van der Waals surface area contributed by atoms with Crippen LogP contribution in [0.2, 0.25) is 0 Å². The van der Waals surface area contributed by atoms with Crippen molar-refractivity contribution in [3.63, 3.8) is 0 Å². The lowest BCUT2D eigenvalue weighted by Gasteiger charge is -2.25. The molecule has 1 fully saturated rings. The minimum absolute atomic E-state index is 0. The molecule has 7 heteroatoms. The van der Waals surface area contributed by atoms with Crippen LogP contribution in [0, 0.1) is 5.82 Å². The highest BCUT2D eigenvalue weighted by atomic mass is 35.5. The Kier molecular flexibility index (Phi) is 4.69. The van der Waals surface area contributed by atoms with Crippen molar-refractivity contribution >= 4 is 39.9 Å². The molecule has 1 aliphatic heterocycles. The number of piperidine rings is 1. The van der Waals surface area contributed by atoms with Crippen molar-refractivity contribution < 1.29 is 4.39 Å². The van der Waals surface area contributed by atoms with Crippen molar-refractivity contribution in [2.24, 2.45) is 0 Å². The summed E-state index contributed by atoms with van der Waals surface area (Å²) < 4.78 is 13.7. The van der Waals surface area contributed by atoms with Gasteiger partial charge in [0.25, 0.3) is 5.56 Å². The number of anilines is 1. The Morgan fingerprint density at radius 2 is 2.12 bits per heavy atom. The fraction of sp³-hybridized carbons (Fsp3) is 0.294. The van der Waals surface area contributed by atoms with Gasteiger partial charge in [-0.2, -0.15) is 0 Å². The van der Waals surface area contributed by atoms with E-state index < -0.39 is 0 Å². The lowest BCUT2D eigenvalue weighted by atomic mass is 10.0. The summed E-state index contributed by atoms with van der Waals surface area (Å²) in [6.07, 6.45) is 3.73. The molecule has 24 heavy (non-hydrogen) atoms. The number of H-pyrrole nitrogens is 1. The van der Waals surface area contributed by atoms with Gasteiger partial charge in [0, 0.05) is 29.6 Å². The van der Waals surface area contributed by atoms with E-state index >= 15 is 0 Å².